The van der Waals surface area contributed by atoms with E-state index in [0.717, 1.165) is 42.5 Å². The molecule has 4 rings (SSSR count). The van der Waals surface area contributed by atoms with Crippen LogP contribution in [0.5, 0.6) is 5.75 Å². The van der Waals surface area contributed by atoms with E-state index in [-0.39, 0.29) is 35.2 Å². The predicted molar refractivity (Wildman–Crippen MR) is 114 cm³/mol. The molecule has 0 radical (unpaired) electrons. The number of sulfone groups is 1. The van der Waals surface area contributed by atoms with Gasteiger partial charge in [-0.3, -0.25) is 4.79 Å². The number of aromatic amines is 1. The first-order chi connectivity index (χ1) is 13.9. The van der Waals surface area contributed by atoms with Crippen LogP contribution in [0.3, 0.4) is 0 Å². The number of rotatable bonds is 7. The van der Waals surface area contributed by atoms with Crippen LogP contribution in [0.15, 0.2) is 23.4 Å². The van der Waals surface area contributed by atoms with E-state index in [1.807, 2.05) is 30.0 Å². The monoisotopic (exact) mass is 437 g/mol. The van der Waals surface area contributed by atoms with E-state index in [1.54, 1.807) is 0 Å². The van der Waals surface area contributed by atoms with Crippen molar-refractivity contribution in [2.45, 2.75) is 56.3 Å². The summed E-state index contributed by atoms with van der Waals surface area (Å²) < 4.78 is 29.5. The number of H-pyrrole nitrogens is 1. The number of aromatic nitrogens is 2. The molecule has 1 aromatic carbocycles. The fourth-order valence-electron chi connectivity index (χ4n) is 4.38. The van der Waals surface area contributed by atoms with Gasteiger partial charge in [0.05, 0.1) is 34.9 Å². The van der Waals surface area contributed by atoms with Gasteiger partial charge in [0.15, 0.2) is 15.0 Å². The second kappa shape index (κ2) is 8.55. The van der Waals surface area contributed by atoms with Crippen LogP contribution in [0.1, 0.15) is 39.0 Å². The third-order valence-electron chi connectivity index (χ3n) is 5.68. The fraction of sp³-hybridized carbons (Fsp3) is 0.600. The molecule has 1 atom stereocenters. The molecule has 0 spiro atoms. The second-order valence-corrected chi connectivity index (χ2v) is 10.9. The number of nitrogens with zero attached hydrogens (tertiary/aromatic N) is 2. The quantitative estimate of drug-likeness (QED) is 0.670. The van der Waals surface area contributed by atoms with Crippen molar-refractivity contribution in [2.75, 3.05) is 23.9 Å². The Morgan fingerprint density at radius 2 is 2.07 bits per heavy atom. The number of carbonyl (C=O) groups is 1. The smallest absolute Gasteiger partial charge is 0.233 e. The molecule has 0 unspecified atom stereocenters. The number of nitrogens with one attached hydrogen (secondary N) is 1. The van der Waals surface area contributed by atoms with Crippen molar-refractivity contribution in [3.05, 3.63) is 18.2 Å². The lowest BCUT2D eigenvalue weighted by molar-refractivity contribution is -0.132. The number of carbonyl (C=O) groups excluding carboxylic acids is 1. The molecular formula is C20H27N3O4S2. The number of ether oxygens (including phenoxy) is 1. The van der Waals surface area contributed by atoms with Gasteiger partial charge in [0, 0.05) is 18.2 Å². The van der Waals surface area contributed by atoms with E-state index in [2.05, 4.69) is 9.97 Å². The highest BCUT2D eigenvalue weighted by atomic mass is 32.2. The number of hydrogen-bond donors (Lipinski definition) is 1. The van der Waals surface area contributed by atoms with Crippen molar-refractivity contribution in [1.29, 1.82) is 0 Å². The molecule has 158 valence electrons. The molecule has 1 amide bonds. The lowest BCUT2D eigenvalue weighted by Crippen LogP contribution is -2.47. The van der Waals surface area contributed by atoms with E-state index in [9.17, 15) is 13.2 Å². The Morgan fingerprint density at radius 3 is 2.76 bits per heavy atom. The molecule has 1 saturated carbocycles. The maximum atomic E-state index is 13.1. The zero-order chi connectivity index (χ0) is 20.4. The highest BCUT2D eigenvalue weighted by Crippen LogP contribution is 2.30. The van der Waals surface area contributed by atoms with Crippen LogP contribution in [-0.2, 0) is 14.6 Å². The minimum absolute atomic E-state index is 0.0134. The summed E-state index contributed by atoms with van der Waals surface area (Å²) in [4.78, 5) is 22.8. The van der Waals surface area contributed by atoms with Crippen LogP contribution in [-0.4, -0.2) is 65.1 Å². The summed E-state index contributed by atoms with van der Waals surface area (Å²) in [6, 6.07) is 5.68. The molecule has 2 fully saturated rings. The summed E-state index contributed by atoms with van der Waals surface area (Å²) in [7, 11) is -3.03. The molecule has 7 nitrogen and oxygen atoms in total. The molecule has 0 bridgehead atoms. The number of benzene rings is 1. The molecule has 1 aliphatic carbocycles. The van der Waals surface area contributed by atoms with Gasteiger partial charge in [0.1, 0.15) is 5.75 Å². The van der Waals surface area contributed by atoms with Crippen molar-refractivity contribution in [1.82, 2.24) is 14.9 Å². The van der Waals surface area contributed by atoms with Crippen LogP contribution in [0.4, 0.5) is 0 Å². The van der Waals surface area contributed by atoms with Crippen LogP contribution < -0.4 is 4.74 Å². The fourth-order valence-corrected chi connectivity index (χ4v) is 6.84. The van der Waals surface area contributed by atoms with Crippen molar-refractivity contribution >= 4 is 38.5 Å². The number of thioether (sulfide) groups is 1. The van der Waals surface area contributed by atoms with Crippen LogP contribution in [0.25, 0.3) is 11.0 Å². The van der Waals surface area contributed by atoms with E-state index in [4.69, 9.17) is 4.74 Å². The zero-order valence-corrected chi connectivity index (χ0v) is 18.2. The maximum absolute atomic E-state index is 13.1. The van der Waals surface area contributed by atoms with Crippen molar-refractivity contribution in [3.8, 4) is 5.75 Å². The summed E-state index contributed by atoms with van der Waals surface area (Å²) in [5.41, 5.74) is 1.71. The lowest BCUT2D eigenvalue weighted by Gasteiger charge is -2.34. The molecule has 1 saturated heterocycles. The zero-order valence-electron chi connectivity index (χ0n) is 16.6. The summed E-state index contributed by atoms with van der Waals surface area (Å²) in [5.74, 6) is 1.34. The average molecular weight is 438 g/mol. The molecule has 2 heterocycles. The Kier molecular flexibility index (Phi) is 6.06. The summed E-state index contributed by atoms with van der Waals surface area (Å²) >= 11 is 1.37. The average Bonchev–Trinajstić information content (AvgIpc) is 3.40. The van der Waals surface area contributed by atoms with E-state index < -0.39 is 9.84 Å². The normalized spacial score (nSPS) is 21.6. The van der Waals surface area contributed by atoms with Crippen LogP contribution in [0.2, 0.25) is 0 Å². The van der Waals surface area contributed by atoms with Gasteiger partial charge in [0.2, 0.25) is 5.91 Å². The highest BCUT2D eigenvalue weighted by molar-refractivity contribution is 7.99. The van der Waals surface area contributed by atoms with E-state index >= 15 is 0 Å². The van der Waals surface area contributed by atoms with Crippen molar-refractivity contribution in [3.63, 3.8) is 0 Å². The molecular weight excluding hydrogens is 410 g/mol. The van der Waals surface area contributed by atoms with Gasteiger partial charge < -0.3 is 14.6 Å². The van der Waals surface area contributed by atoms with Crippen molar-refractivity contribution < 1.29 is 17.9 Å². The third kappa shape index (κ3) is 4.71. The molecule has 29 heavy (non-hydrogen) atoms. The molecule has 2 aromatic rings. The summed E-state index contributed by atoms with van der Waals surface area (Å²) in [6.07, 6.45) is 4.70. The van der Waals surface area contributed by atoms with Gasteiger partial charge in [-0.05, 0) is 38.3 Å². The predicted octanol–water partition coefficient (Wildman–Crippen LogP) is 3.01. The Morgan fingerprint density at radius 1 is 1.28 bits per heavy atom. The maximum Gasteiger partial charge on any atom is 0.233 e. The van der Waals surface area contributed by atoms with Gasteiger partial charge in [-0.1, -0.05) is 24.6 Å². The first-order valence-corrected chi connectivity index (χ1v) is 13.0. The lowest BCUT2D eigenvalue weighted by atomic mass is 10.1. The second-order valence-electron chi connectivity index (χ2n) is 7.74. The number of amides is 1. The third-order valence-corrected chi connectivity index (χ3v) is 8.29. The minimum Gasteiger partial charge on any atom is -0.494 e. The summed E-state index contributed by atoms with van der Waals surface area (Å²) in [5, 5.41) is 0.687. The highest BCUT2D eigenvalue weighted by Gasteiger charge is 2.38. The van der Waals surface area contributed by atoms with Crippen molar-refractivity contribution in [2.24, 2.45) is 0 Å². The molecule has 2 aliphatic rings. The van der Waals surface area contributed by atoms with E-state index in [1.165, 1.54) is 11.8 Å². The van der Waals surface area contributed by atoms with Gasteiger partial charge >= 0.3 is 0 Å². The number of imidazole rings is 1. The Labute approximate surface area is 175 Å². The van der Waals surface area contributed by atoms with Gasteiger partial charge in [-0.15, -0.1) is 0 Å². The Bertz CT molecular complexity index is 983. The largest absolute Gasteiger partial charge is 0.494 e. The molecule has 9 heteroatoms. The van der Waals surface area contributed by atoms with Gasteiger partial charge in [0.25, 0.3) is 0 Å². The first-order valence-electron chi connectivity index (χ1n) is 10.2. The topological polar surface area (TPSA) is 92.4 Å². The summed E-state index contributed by atoms with van der Waals surface area (Å²) in [6.45, 7) is 2.54. The first kappa shape index (κ1) is 20.5. The van der Waals surface area contributed by atoms with E-state index in [0.29, 0.717) is 18.2 Å². The SMILES string of the molecule is CCOc1ccc2nc(SCC(=O)N(C3CCCC3)[C@@H]3CCS(=O)(=O)C3)[nH]c2c1. The van der Waals surface area contributed by atoms with Crippen LogP contribution >= 0.6 is 11.8 Å². The van der Waals surface area contributed by atoms with Gasteiger partial charge in [-0.25, -0.2) is 13.4 Å². The van der Waals surface area contributed by atoms with Gasteiger partial charge in [-0.2, -0.15) is 0 Å². The Hall–Kier alpha value is -1.74. The van der Waals surface area contributed by atoms with Crippen LogP contribution in [0, 0.1) is 0 Å². The minimum atomic E-state index is -3.03. The number of hydrogen-bond acceptors (Lipinski definition) is 6. The molecule has 1 aromatic heterocycles. The Balaban J connectivity index is 1.45. The molecule has 1 aliphatic heterocycles. The number of fused-ring (bicyclic) bond motifs is 1. The standard InChI is InChI=1S/C20H27N3O4S2/c1-2-27-16-7-8-17-18(11-16)22-20(21-17)28-12-19(24)23(14-5-3-4-6-14)15-9-10-29(25,26)13-15/h7-8,11,14-15H,2-6,9-10,12-13H2,1H3,(H,21,22)/t15-/m1/s1. The molecule has 1 N–H and O–H groups in total.